The van der Waals surface area contributed by atoms with Gasteiger partial charge in [-0.15, -0.1) is 0 Å². The maximum atomic E-state index is 12.4. The fourth-order valence-corrected chi connectivity index (χ4v) is 3.62. The first kappa shape index (κ1) is 19.4. The van der Waals surface area contributed by atoms with E-state index in [1.807, 2.05) is 61.5 Å². The van der Waals surface area contributed by atoms with Crippen molar-refractivity contribution in [3.8, 4) is 0 Å². The lowest BCUT2D eigenvalue weighted by Crippen LogP contribution is -2.38. The molecule has 0 bridgehead atoms. The summed E-state index contributed by atoms with van der Waals surface area (Å²) in [5, 5.41) is 3.62. The molecule has 5 heteroatoms. The second-order valence-electron chi connectivity index (χ2n) is 7.11. The van der Waals surface area contributed by atoms with Crippen LogP contribution >= 0.6 is 0 Å². The number of piperidine rings is 1. The number of hydrogen-bond acceptors (Lipinski definition) is 4. The second-order valence-corrected chi connectivity index (χ2v) is 7.11. The van der Waals surface area contributed by atoms with Crippen LogP contribution in [0.2, 0.25) is 0 Å². The number of amides is 1. The van der Waals surface area contributed by atoms with Gasteiger partial charge in [0.1, 0.15) is 0 Å². The average molecular weight is 367 g/mol. The molecule has 1 aliphatic heterocycles. The molecule has 3 rings (SSSR count). The molecular formula is C22H30N4O. The van der Waals surface area contributed by atoms with Gasteiger partial charge in [-0.3, -0.25) is 14.7 Å². The number of benzene rings is 1. The van der Waals surface area contributed by atoms with Gasteiger partial charge in [-0.1, -0.05) is 6.07 Å². The molecular weight excluding hydrogens is 336 g/mol. The van der Waals surface area contributed by atoms with E-state index in [-0.39, 0.29) is 5.91 Å². The van der Waals surface area contributed by atoms with Gasteiger partial charge in [0.25, 0.3) is 5.91 Å². The molecule has 1 N–H and O–H groups in total. The van der Waals surface area contributed by atoms with E-state index in [1.54, 1.807) is 0 Å². The van der Waals surface area contributed by atoms with E-state index in [4.69, 9.17) is 0 Å². The standard InChI is InChI=1S/C22H30N4O/c1-3-26(4-2)22(27)19-7-9-20(10-8-19)24-21-11-14-25(15-12-21)17-18-6-5-13-23-16-18/h5-10,13,16,21,24H,3-4,11-12,14-15,17H2,1-2H3. The highest BCUT2D eigenvalue weighted by Crippen LogP contribution is 2.19. The molecule has 1 aromatic carbocycles. The van der Waals surface area contributed by atoms with Crippen LogP contribution in [0.1, 0.15) is 42.6 Å². The normalized spacial score (nSPS) is 15.5. The zero-order chi connectivity index (χ0) is 19.1. The van der Waals surface area contributed by atoms with Crippen molar-refractivity contribution in [2.75, 3.05) is 31.5 Å². The molecule has 0 atom stereocenters. The summed E-state index contributed by atoms with van der Waals surface area (Å²) in [7, 11) is 0. The third-order valence-electron chi connectivity index (χ3n) is 5.27. The van der Waals surface area contributed by atoms with Gasteiger partial charge < -0.3 is 10.2 Å². The Hall–Kier alpha value is -2.40. The van der Waals surface area contributed by atoms with Crippen LogP contribution in [0.25, 0.3) is 0 Å². The van der Waals surface area contributed by atoms with Crippen LogP contribution in [0.3, 0.4) is 0 Å². The number of nitrogens with one attached hydrogen (secondary N) is 1. The zero-order valence-corrected chi connectivity index (χ0v) is 16.4. The summed E-state index contributed by atoms with van der Waals surface area (Å²) in [5.74, 6) is 0.107. The maximum Gasteiger partial charge on any atom is 0.253 e. The van der Waals surface area contributed by atoms with Gasteiger partial charge in [-0.05, 0) is 62.6 Å². The number of carbonyl (C=O) groups excluding carboxylic acids is 1. The monoisotopic (exact) mass is 366 g/mol. The van der Waals surface area contributed by atoms with Gasteiger partial charge >= 0.3 is 0 Å². The highest BCUT2D eigenvalue weighted by molar-refractivity contribution is 5.94. The van der Waals surface area contributed by atoms with Crippen molar-refractivity contribution in [2.24, 2.45) is 0 Å². The van der Waals surface area contributed by atoms with Crippen LogP contribution in [0.5, 0.6) is 0 Å². The van der Waals surface area contributed by atoms with E-state index in [0.29, 0.717) is 6.04 Å². The minimum Gasteiger partial charge on any atom is -0.382 e. The molecule has 144 valence electrons. The van der Waals surface area contributed by atoms with Gasteiger partial charge in [0.15, 0.2) is 0 Å². The molecule has 1 fully saturated rings. The van der Waals surface area contributed by atoms with Crippen LogP contribution in [0.4, 0.5) is 5.69 Å². The first-order chi connectivity index (χ1) is 13.2. The molecule has 2 heterocycles. The summed E-state index contributed by atoms with van der Waals surface area (Å²) in [4.78, 5) is 20.9. The number of aromatic nitrogens is 1. The third kappa shape index (κ3) is 5.30. The lowest BCUT2D eigenvalue weighted by atomic mass is 10.0. The Kier molecular flexibility index (Phi) is 6.82. The van der Waals surface area contributed by atoms with Crippen molar-refractivity contribution in [2.45, 2.75) is 39.3 Å². The van der Waals surface area contributed by atoms with Crippen molar-refractivity contribution in [3.05, 3.63) is 59.9 Å². The number of rotatable bonds is 7. The molecule has 1 aromatic heterocycles. The van der Waals surface area contributed by atoms with E-state index in [9.17, 15) is 4.79 Å². The van der Waals surface area contributed by atoms with Crippen LogP contribution in [-0.4, -0.2) is 52.9 Å². The first-order valence-electron chi connectivity index (χ1n) is 9.96. The van der Waals surface area contributed by atoms with Crippen molar-refractivity contribution in [1.82, 2.24) is 14.8 Å². The minimum absolute atomic E-state index is 0.107. The Morgan fingerprint density at radius 2 is 1.85 bits per heavy atom. The van der Waals surface area contributed by atoms with Crippen molar-refractivity contribution < 1.29 is 4.79 Å². The SMILES string of the molecule is CCN(CC)C(=O)c1ccc(NC2CCN(Cc3cccnc3)CC2)cc1. The van der Waals surface area contributed by atoms with Crippen molar-refractivity contribution in [3.63, 3.8) is 0 Å². The van der Waals surface area contributed by atoms with E-state index in [2.05, 4.69) is 21.3 Å². The fraction of sp³-hybridized carbons (Fsp3) is 0.455. The fourth-order valence-electron chi connectivity index (χ4n) is 3.62. The highest BCUT2D eigenvalue weighted by Gasteiger charge is 2.19. The molecule has 1 aliphatic rings. The number of nitrogens with zero attached hydrogens (tertiary/aromatic N) is 3. The summed E-state index contributed by atoms with van der Waals surface area (Å²) in [6.07, 6.45) is 6.02. The van der Waals surface area contributed by atoms with Gasteiger partial charge in [0.05, 0.1) is 0 Å². The Balaban J connectivity index is 1.48. The lowest BCUT2D eigenvalue weighted by Gasteiger charge is -2.32. The van der Waals surface area contributed by atoms with E-state index in [1.165, 1.54) is 5.56 Å². The summed E-state index contributed by atoms with van der Waals surface area (Å²) < 4.78 is 0. The predicted molar refractivity (Wildman–Crippen MR) is 110 cm³/mol. The van der Waals surface area contributed by atoms with E-state index in [0.717, 1.165) is 56.8 Å². The Morgan fingerprint density at radius 3 is 2.44 bits per heavy atom. The third-order valence-corrected chi connectivity index (χ3v) is 5.27. The predicted octanol–water partition coefficient (Wildman–Crippen LogP) is 3.64. The number of carbonyl (C=O) groups is 1. The number of likely N-dealkylation sites (tertiary alicyclic amines) is 1. The van der Waals surface area contributed by atoms with Gasteiger partial charge in [0, 0.05) is 62.4 Å². The maximum absolute atomic E-state index is 12.4. The molecule has 0 saturated carbocycles. The molecule has 0 spiro atoms. The molecule has 2 aromatic rings. The highest BCUT2D eigenvalue weighted by atomic mass is 16.2. The van der Waals surface area contributed by atoms with Crippen LogP contribution < -0.4 is 5.32 Å². The number of hydrogen-bond donors (Lipinski definition) is 1. The largest absolute Gasteiger partial charge is 0.382 e. The topological polar surface area (TPSA) is 48.5 Å². The van der Waals surface area contributed by atoms with Crippen LogP contribution in [0.15, 0.2) is 48.8 Å². The number of anilines is 1. The van der Waals surface area contributed by atoms with E-state index < -0.39 is 0 Å². The minimum atomic E-state index is 0.107. The smallest absolute Gasteiger partial charge is 0.253 e. The van der Waals surface area contributed by atoms with Crippen LogP contribution in [0, 0.1) is 0 Å². The Bertz CT molecular complexity index is 705. The summed E-state index contributed by atoms with van der Waals surface area (Å²) in [5.41, 5.74) is 3.13. The lowest BCUT2D eigenvalue weighted by molar-refractivity contribution is 0.0773. The molecule has 0 aliphatic carbocycles. The molecule has 0 radical (unpaired) electrons. The Morgan fingerprint density at radius 1 is 1.15 bits per heavy atom. The summed E-state index contributed by atoms with van der Waals surface area (Å²) >= 11 is 0. The average Bonchev–Trinajstić information content (AvgIpc) is 2.72. The molecule has 27 heavy (non-hydrogen) atoms. The van der Waals surface area contributed by atoms with Crippen LogP contribution in [-0.2, 0) is 6.54 Å². The zero-order valence-electron chi connectivity index (χ0n) is 16.4. The molecule has 5 nitrogen and oxygen atoms in total. The van der Waals surface area contributed by atoms with Gasteiger partial charge in [0.2, 0.25) is 0 Å². The molecule has 1 amide bonds. The van der Waals surface area contributed by atoms with Gasteiger partial charge in [-0.2, -0.15) is 0 Å². The van der Waals surface area contributed by atoms with Crippen molar-refractivity contribution in [1.29, 1.82) is 0 Å². The first-order valence-corrected chi connectivity index (χ1v) is 9.96. The van der Waals surface area contributed by atoms with Crippen molar-refractivity contribution >= 4 is 11.6 Å². The Labute approximate surface area is 162 Å². The second kappa shape index (κ2) is 9.51. The number of pyridine rings is 1. The van der Waals surface area contributed by atoms with Gasteiger partial charge in [-0.25, -0.2) is 0 Å². The quantitative estimate of drug-likeness (QED) is 0.813. The molecule has 0 unspecified atom stereocenters. The summed E-state index contributed by atoms with van der Waals surface area (Å²) in [6.45, 7) is 8.66. The molecule has 1 saturated heterocycles. The van der Waals surface area contributed by atoms with E-state index >= 15 is 0 Å². The summed E-state index contributed by atoms with van der Waals surface area (Å²) in [6, 6.07) is 12.5.